The lowest BCUT2D eigenvalue weighted by molar-refractivity contribution is -0.149. The summed E-state index contributed by atoms with van der Waals surface area (Å²) in [6, 6.07) is 0. The van der Waals surface area contributed by atoms with E-state index in [0.717, 1.165) is 17.1 Å². The lowest BCUT2D eigenvalue weighted by Gasteiger charge is -2.21. The van der Waals surface area contributed by atoms with Gasteiger partial charge in [-0.1, -0.05) is 0 Å². The van der Waals surface area contributed by atoms with Gasteiger partial charge in [-0.05, 0) is 20.3 Å². The largest absolute Gasteiger partial charge is 0.465 e. The number of nitrogens with two attached hydrogens (primary N) is 1. The maximum atomic E-state index is 12.4. The molecule has 1 unspecified atom stereocenters. The van der Waals surface area contributed by atoms with Crippen molar-refractivity contribution in [3.63, 3.8) is 0 Å². The van der Waals surface area contributed by atoms with Crippen molar-refractivity contribution < 1.29 is 22.7 Å². The van der Waals surface area contributed by atoms with E-state index in [1.54, 1.807) is 6.92 Å². The molecule has 2 N–H and O–H groups in total. The normalized spacial score (nSPS) is 15.1. The van der Waals surface area contributed by atoms with Crippen molar-refractivity contribution >= 4 is 5.97 Å². The number of hydrogen-bond acceptors (Lipinski definition) is 4. The molecule has 8 heteroatoms. The van der Waals surface area contributed by atoms with Crippen LogP contribution in [0.15, 0.2) is 12.4 Å². The third kappa shape index (κ3) is 4.23. The first-order chi connectivity index (χ1) is 8.66. The first-order valence-corrected chi connectivity index (χ1v) is 5.72. The van der Waals surface area contributed by atoms with Crippen molar-refractivity contribution in [3.05, 3.63) is 18.0 Å². The molecular weight excluding hydrogens is 263 g/mol. The number of esters is 1. The molecule has 0 radical (unpaired) electrons. The van der Waals surface area contributed by atoms with Crippen molar-refractivity contribution in [2.45, 2.75) is 38.5 Å². The Balaban J connectivity index is 2.62. The molecule has 0 fully saturated rings. The van der Waals surface area contributed by atoms with E-state index < -0.39 is 23.2 Å². The average Bonchev–Trinajstić information content (AvgIpc) is 2.75. The van der Waals surface area contributed by atoms with Gasteiger partial charge in [0, 0.05) is 12.7 Å². The van der Waals surface area contributed by atoms with Crippen LogP contribution in [0.3, 0.4) is 0 Å². The molecule has 0 spiro atoms. The van der Waals surface area contributed by atoms with Gasteiger partial charge in [-0.3, -0.25) is 9.48 Å². The van der Waals surface area contributed by atoms with E-state index in [1.807, 2.05) is 0 Å². The minimum absolute atomic E-state index is 0.0991. The Labute approximate surface area is 108 Å². The fraction of sp³-hybridized carbons (Fsp3) is 0.636. The zero-order valence-corrected chi connectivity index (χ0v) is 10.7. The Morgan fingerprint density at radius 2 is 2.16 bits per heavy atom. The fourth-order valence-corrected chi connectivity index (χ4v) is 1.38. The third-order valence-electron chi connectivity index (χ3n) is 2.56. The minimum Gasteiger partial charge on any atom is -0.465 e. The number of rotatable bonds is 5. The molecule has 0 aliphatic heterocycles. The number of carbonyl (C=O) groups is 1. The molecule has 0 aliphatic carbocycles. The van der Waals surface area contributed by atoms with Crippen molar-refractivity contribution in [1.29, 1.82) is 0 Å². The number of carbonyl (C=O) groups excluding carboxylic acids is 1. The average molecular weight is 279 g/mol. The topological polar surface area (TPSA) is 70.1 Å². The van der Waals surface area contributed by atoms with Gasteiger partial charge in [0.15, 0.2) is 0 Å². The van der Waals surface area contributed by atoms with Gasteiger partial charge in [-0.25, -0.2) is 0 Å². The van der Waals surface area contributed by atoms with E-state index in [0.29, 0.717) is 0 Å². The van der Waals surface area contributed by atoms with E-state index in [1.165, 1.54) is 6.92 Å². The van der Waals surface area contributed by atoms with Crippen LogP contribution in [0.25, 0.3) is 0 Å². The fourth-order valence-electron chi connectivity index (χ4n) is 1.38. The van der Waals surface area contributed by atoms with Crippen molar-refractivity contribution in [3.8, 4) is 0 Å². The molecule has 0 aromatic carbocycles. The highest BCUT2D eigenvalue weighted by Crippen LogP contribution is 2.28. The molecule has 1 heterocycles. The van der Waals surface area contributed by atoms with E-state index >= 15 is 0 Å². The molecule has 0 amide bonds. The van der Waals surface area contributed by atoms with Gasteiger partial charge in [0.05, 0.1) is 18.4 Å². The zero-order chi connectivity index (χ0) is 14.7. The number of aryl methyl sites for hydroxylation is 1. The molecule has 108 valence electrons. The first kappa shape index (κ1) is 15.5. The zero-order valence-electron chi connectivity index (χ0n) is 10.7. The SMILES string of the molecule is CCOC(=O)C(C)(N)CCn1cc(C(F)(F)F)cn1. The number of hydrogen-bond donors (Lipinski definition) is 1. The molecule has 1 aromatic heterocycles. The number of alkyl halides is 3. The van der Waals surface area contributed by atoms with Crippen LogP contribution in [-0.4, -0.2) is 27.9 Å². The summed E-state index contributed by atoms with van der Waals surface area (Å²) in [5.74, 6) is -0.585. The van der Waals surface area contributed by atoms with Gasteiger partial charge >= 0.3 is 12.1 Å². The van der Waals surface area contributed by atoms with Crippen LogP contribution < -0.4 is 5.73 Å². The molecule has 1 rings (SSSR count). The molecule has 0 saturated heterocycles. The van der Waals surface area contributed by atoms with E-state index in [9.17, 15) is 18.0 Å². The van der Waals surface area contributed by atoms with E-state index in [2.05, 4.69) is 5.10 Å². The standard InChI is InChI=1S/C11H16F3N3O2/c1-3-19-9(18)10(2,15)4-5-17-7-8(6-16-17)11(12,13)14/h6-7H,3-5,15H2,1-2H3. The summed E-state index contributed by atoms with van der Waals surface area (Å²) in [4.78, 5) is 11.5. The summed E-state index contributed by atoms with van der Waals surface area (Å²) in [7, 11) is 0. The van der Waals surface area contributed by atoms with Gasteiger partial charge in [-0.15, -0.1) is 0 Å². The van der Waals surface area contributed by atoms with Crippen LogP contribution >= 0.6 is 0 Å². The monoisotopic (exact) mass is 279 g/mol. The van der Waals surface area contributed by atoms with Gasteiger partial charge in [-0.2, -0.15) is 18.3 Å². The number of nitrogens with zero attached hydrogens (tertiary/aromatic N) is 2. The molecule has 0 bridgehead atoms. The molecule has 1 atom stereocenters. The Bertz CT molecular complexity index is 441. The summed E-state index contributed by atoms with van der Waals surface area (Å²) >= 11 is 0. The Hall–Kier alpha value is -1.57. The summed E-state index contributed by atoms with van der Waals surface area (Å²) in [5, 5.41) is 3.58. The van der Waals surface area contributed by atoms with Gasteiger partial charge in [0.25, 0.3) is 0 Å². The predicted octanol–water partition coefficient (Wildman–Crippen LogP) is 1.57. The third-order valence-corrected chi connectivity index (χ3v) is 2.56. The van der Waals surface area contributed by atoms with Gasteiger partial charge in [0.1, 0.15) is 5.54 Å². The quantitative estimate of drug-likeness (QED) is 0.831. The second kappa shape index (κ2) is 5.60. The number of halogens is 3. The maximum absolute atomic E-state index is 12.4. The highest BCUT2D eigenvalue weighted by molar-refractivity contribution is 5.79. The van der Waals surface area contributed by atoms with E-state index in [4.69, 9.17) is 10.5 Å². The van der Waals surface area contributed by atoms with Gasteiger partial charge in [0.2, 0.25) is 0 Å². The summed E-state index contributed by atoms with van der Waals surface area (Å²) < 4.78 is 42.9. The predicted molar refractivity (Wildman–Crippen MR) is 61.1 cm³/mol. The Kier molecular flexibility index (Phi) is 4.56. The Morgan fingerprint density at radius 1 is 1.53 bits per heavy atom. The smallest absolute Gasteiger partial charge is 0.419 e. The Morgan fingerprint density at radius 3 is 2.63 bits per heavy atom. The van der Waals surface area contributed by atoms with Crippen molar-refractivity contribution in [1.82, 2.24) is 9.78 Å². The molecule has 1 aromatic rings. The summed E-state index contributed by atoms with van der Waals surface area (Å²) in [6.45, 7) is 3.42. The highest BCUT2D eigenvalue weighted by Gasteiger charge is 2.33. The summed E-state index contributed by atoms with van der Waals surface area (Å²) in [5.41, 5.74) is 3.67. The van der Waals surface area contributed by atoms with Crippen LogP contribution in [0.2, 0.25) is 0 Å². The highest BCUT2D eigenvalue weighted by atomic mass is 19.4. The molecule has 0 saturated carbocycles. The van der Waals surface area contributed by atoms with Gasteiger partial charge < -0.3 is 10.5 Å². The second-order valence-electron chi connectivity index (χ2n) is 4.38. The van der Waals surface area contributed by atoms with E-state index in [-0.39, 0.29) is 19.6 Å². The number of aromatic nitrogens is 2. The lowest BCUT2D eigenvalue weighted by atomic mass is 10.00. The van der Waals surface area contributed by atoms with Crippen LogP contribution in [0.5, 0.6) is 0 Å². The second-order valence-corrected chi connectivity index (χ2v) is 4.38. The minimum atomic E-state index is -4.43. The first-order valence-electron chi connectivity index (χ1n) is 5.72. The molecule has 5 nitrogen and oxygen atoms in total. The van der Waals surface area contributed by atoms with Crippen LogP contribution in [-0.2, 0) is 22.3 Å². The number of ether oxygens (including phenoxy) is 1. The summed E-state index contributed by atoms with van der Waals surface area (Å²) in [6.07, 6.45) is -2.68. The maximum Gasteiger partial charge on any atom is 0.419 e. The molecular formula is C11H16F3N3O2. The van der Waals surface area contributed by atoms with Crippen LogP contribution in [0.1, 0.15) is 25.8 Å². The molecule has 0 aliphatic rings. The molecule has 19 heavy (non-hydrogen) atoms. The van der Waals surface area contributed by atoms with Crippen molar-refractivity contribution in [2.75, 3.05) is 6.61 Å². The van der Waals surface area contributed by atoms with Crippen LogP contribution in [0.4, 0.5) is 13.2 Å². The lowest BCUT2D eigenvalue weighted by Crippen LogP contribution is -2.46. The van der Waals surface area contributed by atoms with Crippen molar-refractivity contribution in [2.24, 2.45) is 5.73 Å². The van der Waals surface area contributed by atoms with Crippen LogP contribution in [0, 0.1) is 0 Å².